The highest BCUT2D eigenvalue weighted by Crippen LogP contribution is 2.28. The van der Waals surface area contributed by atoms with E-state index >= 15 is 0 Å². The minimum absolute atomic E-state index is 0.0243. The predicted octanol–water partition coefficient (Wildman–Crippen LogP) is 3.52. The van der Waals surface area contributed by atoms with Crippen molar-refractivity contribution in [2.75, 3.05) is 11.9 Å². The first-order chi connectivity index (χ1) is 14.8. The molecule has 2 aromatic heterocycles. The van der Waals surface area contributed by atoms with Crippen molar-refractivity contribution >= 4 is 33.3 Å². The molecule has 1 unspecified atom stereocenters. The van der Waals surface area contributed by atoms with Crippen molar-refractivity contribution in [1.29, 1.82) is 0 Å². The van der Waals surface area contributed by atoms with Gasteiger partial charge in [-0.05, 0) is 49.3 Å². The smallest absolute Gasteiger partial charge is 0.322 e. The highest BCUT2D eigenvalue weighted by atomic mass is 32.2. The second kappa shape index (κ2) is 8.89. The molecule has 0 spiro atoms. The number of hydrogen-bond donors (Lipinski definition) is 1. The molecule has 8 nitrogen and oxygen atoms in total. The monoisotopic (exact) mass is 460 g/mol. The number of sulfonamides is 1. The van der Waals surface area contributed by atoms with Crippen LogP contribution < -0.4 is 5.32 Å². The van der Waals surface area contributed by atoms with Gasteiger partial charge in [0.2, 0.25) is 11.8 Å². The van der Waals surface area contributed by atoms with Crippen LogP contribution in [0, 0.1) is 13.8 Å². The molecule has 3 aromatic rings. The third-order valence-electron chi connectivity index (χ3n) is 5.35. The Morgan fingerprint density at radius 1 is 1.26 bits per heavy atom. The van der Waals surface area contributed by atoms with Gasteiger partial charge in [0.15, 0.2) is 0 Å². The van der Waals surface area contributed by atoms with E-state index in [1.165, 1.54) is 9.87 Å². The minimum Gasteiger partial charge on any atom is -0.407 e. The van der Waals surface area contributed by atoms with Gasteiger partial charge in [-0.2, -0.15) is 4.31 Å². The number of carbonyl (C=O) groups excluding carboxylic acids is 1. The number of aromatic nitrogens is 2. The zero-order valence-corrected chi connectivity index (χ0v) is 19.0. The molecule has 1 aliphatic rings. The van der Waals surface area contributed by atoms with Crippen molar-refractivity contribution in [2.45, 2.75) is 49.8 Å². The highest BCUT2D eigenvalue weighted by molar-refractivity contribution is 7.91. The van der Waals surface area contributed by atoms with Gasteiger partial charge in [-0.3, -0.25) is 10.1 Å². The van der Waals surface area contributed by atoms with Crippen LogP contribution in [0.15, 0.2) is 44.3 Å². The topological polar surface area (TPSA) is 105 Å². The van der Waals surface area contributed by atoms with E-state index in [0.717, 1.165) is 35.3 Å². The molecule has 1 aromatic carbocycles. The first-order valence-corrected chi connectivity index (χ1v) is 12.4. The zero-order chi connectivity index (χ0) is 22.0. The van der Waals surface area contributed by atoms with E-state index in [1.807, 2.05) is 26.0 Å². The molecule has 0 radical (unpaired) electrons. The second-order valence-electron chi connectivity index (χ2n) is 7.66. The molecule has 10 heteroatoms. The molecule has 1 fully saturated rings. The van der Waals surface area contributed by atoms with Crippen molar-refractivity contribution in [2.24, 2.45) is 0 Å². The Morgan fingerprint density at radius 3 is 2.84 bits per heavy atom. The Labute approximate surface area is 185 Å². The first kappa shape index (κ1) is 21.7. The van der Waals surface area contributed by atoms with Crippen molar-refractivity contribution in [3.8, 4) is 0 Å². The summed E-state index contributed by atoms with van der Waals surface area (Å²) in [7, 11) is -3.72. The highest BCUT2D eigenvalue weighted by Gasteiger charge is 2.38. The van der Waals surface area contributed by atoms with Crippen LogP contribution in [0.1, 0.15) is 41.8 Å². The number of hydrogen-bond acceptors (Lipinski definition) is 7. The van der Waals surface area contributed by atoms with E-state index in [-0.39, 0.29) is 10.2 Å². The Morgan fingerprint density at radius 2 is 2.10 bits per heavy atom. The average Bonchev–Trinajstić information content (AvgIpc) is 3.43. The van der Waals surface area contributed by atoms with Crippen LogP contribution in [0.4, 0.5) is 6.01 Å². The maximum atomic E-state index is 13.0. The molecule has 0 bridgehead atoms. The van der Waals surface area contributed by atoms with Crippen LogP contribution in [-0.4, -0.2) is 41.4 Å². The fourth-order valence-electron chi connectivity index (χ4n) is 3.75. The molecule has 3 heterocycles. The number of aryl methyl sites for hydroxylation is 2. The lowest BCUT2D eigenvalue weighted by Crippen LogP contribution is -2.49. The summed E-state index contributed by atoms with van der Waals surface area (Å²) in [5.41, 5.74) is 3.36. The predicted molar refractivity (Wildman–Crippen MR) is 117 cm³/mol. The molecule has 0 saturated carbocycles. The number of thiophene rings is 1. The normalized spacial score (nSPS) is 17.5. The summed E-state index contributed by atoms with van der Waals surface area (Å²) in [6.07, 6.45) is 2.39. The lowest BCUT2D eigenvalue weighted by atomic mass is 10.0. The van der Waals surface area contributed by atoms with Gasteiger partial charge in [-0.1, -0.05) is 41.3 Å². The van der Waals surface area contributed by atoms with Gasteiger partial charge in [0.25, 0.3) is 10.0 Å². The molecule has 164 valence electrons. The van der Waals surface area contributed by atoms with E-state index in [4.69, 9.17) is 4.42 Å². The van der Waals surface area contributed by atoms with Crippen molar-refractivity contribution < 1.29 is 17.6 Å². The van der Waals surface area contributed by atoms with E-state index in [0.29, 0.717) is 25.3 Å². The maximum Gasteiger partial charge on any atom is 0.322 e. The summed E-state index contributed by atoms with van der Waals surface area (Å²) in [5.74, 6) is -0.0736. The quantitative estimate of drug-likeness (QED) is 0.603. The number of amides is 1. The number of rotatable bonds is 6. The number of carbonyl (C=O) groups is 1. The van der Waals surface area contributed by atoms with E-state index in [9.17, 15) is 13.2 Å². The van der Waals surface area contributed by atoms with Gasteiger partial charge < -0.3 is 4.42 Å². The second-order valence-corrected chi connectivity index (χ2v) is 10.7. The van der Waals surface area contributed by atoms with Crippen LogP contribution in [0.2, 0.25) is 0 Å². The third kappa shape index (κ3) is 4.70. The summed E-state index contributed by atoms with van der Waals surface area (Å²) in [6.45, 7) is 4.36. The molecule has 0 aliphatic carbocycles. The Hall–Kier alpha value is -2.56. The molecule has 1 saturated heterocycles. The SMILES string of the molecule is Cc1ccc(Cc2nnc(NC(=O)C3CCCCN3S(=O)(=O)c3cccs3)o2)c(C)c1. The van der Waals surface area contributed by atoms with Gasteiger partial charge in [0, 0.05) is 6.54 Å². The van der Waals surface area contributed by atoms with Gasteiger partial charge in [0.05, 0.1) is 6.42 Å². The number of benzene rings is 1. The Balaban J connectivity index is 1.47. The minimum atomic E-state index is -3.72. The molecular formula is C21H24N4O4S2. The number of anilines is 1. The van der Waals surface area contributed by atoms with Crippen LogP contribution in [0.5, 0.6) is 0 Å². The molecule has 4 rings (SSSR count). The third-order valence-corrected chi connectivity index (χ3v) is 8.63. The molecular weight excluding hydrogens is 436 g/mol. The average molecular weight is 461 g/mol. The fourth-order valence-corrected chi connectivity index (χ4v) is 6.53. The van der Waals surface area contributed by atoms with E-state index in [2.05, 4.69) is 21.6 Å². The van der Waals surface area contributed by atoms with E-state index in [1.54, 1.807) is 17.5 Å². The van der Waals surface area contributed by atoms with Crippen molar-refractivity contribution in [3.05, 3.63) is 58.3 Å². The van der Waals surface area contributed by atoms with Gasteiger partial charge in [0.1, 0.15) is 10.3 Å². The van der Waals surface area contributed by atoms with Crippen LogP contribution in [0.25, 0.3) is 0 Å². The lowest BCUT2D eigenvalue weighted by molar-refractivity contribution is -0.120. The van der Waals surface area contributed by atoms with Crippen LogP contribution >= 0.6 is 11.3 Å². The standard InChI is InChI=1S/C21H24N4O4S2/c1-14-8-9-16(15(2)12-14)13-18-23-24-21(29-18)22-20(26)17-6-3-4-10-25(17)31(27,28)19-7-5-11-30-19/h5,7-9,11-12,17H,3-4,6,10,13H2,1-2H3,(H,22,24,26). The summed E-state index contributed by atoms with van der Waals surface area (Å²) < 4.78 is 33.1. The first-order valence-electron chi connectivity index (χ1n) is 10.1. The van der Waals surface area contributed by atoms with Crippen molar-refractivity contribution in [1.82, 2.24) is 14.5 Å². The molecule has 1 atom stereocenters. The van der Waals surface area contributed by atoms with Gasteiger partial charge in [-0.15, -0.1) is 16.4 Å². The molecule has 1 N–H and O–H groups in total. The van der Waals surface area contributed by atoms with Gasteiger partial charge >= 0.3 is 6.01 Å². The Bertz CT molecular complexity index is 1170. The zero-order valence-electron chi connectivity index (χ0n) is 17.4. The summed E-state index contributed by atoms with van der Waals surface area (Å²) in [4.78, 5) is 12.9. The number of nitrogens with one attached hydrogen (secondary N) is 1. The maximum absolute atomic E-state index is 13.0. The van der Waals surface area contributed by atoms with Gasteiger partial charge in [-0.25, -0.2) is 8.42 Å². The number of piperidine rings is 1. The largest absolute Gasteiger partial charge is 0.407 e. The van der Waals surface area contributed by atoms with E-state index < -0.39 is 22.0 Å². The fraction of sp³-hybridized carbons (Fsp3) is 0.381. The molecule has 1 aliphatic heterocycles. The number of nitrogens with zero attached hydrogens (tertiary/aromatic N) is 3. The molecule has 1 amide bonds. The summed E-state index contributed by atoms with van der Waals surface area (Å²) in [5, 5.41) is 12.3. The van der Waals surface area contributed by atoms with Crippen LogP contribution in [-0.2, 0) is 21.2 Å². The molecule has 31 heavy (non-hydrogen) atoms. The summed E-state index contributed by atoms with van der Waals surface area (Å²) >= 11 is 1.15. The van der Waals surface area contributed by atoms with Crippen molar-refractivity contribution in [3.63, 3.8) is 0 Å². The Kier molecular flexibility index (Phi) is 6.22. The van der Waals surface area contributed by atoms with Crippen LogP contribution in [0.3, 0.4) is 0 Å². The summed E-state index contributed by atoms with van der Waals surface area (Å²) in [6, 6.07) is 8.53. The lowest BCUT2D eigenvalue weighted by Gasteiger charge is -2.32.